The summed E-state index contributed by atoms with van der Waals surface area (Å²) in [5, 5.41) is 21.1. The maximum absolute atomic E-state index is 12.3. The molecule has 0 aliphatic carbocycles. The fourth-order valence-electron chi connectivity index (χ4n) is 2.77. The van der Waals surface area contributed by atoms with Gasteiger partial charge in [0, 0.05) is 6.07 Å². The summed E-state index contributed by atoms with van der Waals surface area (Å²) in [6, 6.07) is 9.41. The summed E-state index contributed by atoms with van der Waals surface area (Å²) in [5.74, 6) is 2.00. The molecule has 1 aromatic carbocycles. The number of thioether (sulfide) groups is 1. The van der Waals surface area contributed by atoms with Crippen LogP contribution >= 0.6 is 23.1 Å². The molecule has 0 bridgehead atoms. The average Bonchev–Trinajstić information content (AvgIpc) is 3.46. The molecule has 3 heterocycles. The number of rotatable bonds is 7. The molecule has 0 atom stereocenters. The van der Waals surface area contributed by atoms with Gasteiger partial charge in [0.2, 0.25) is 11.0 Å². The van der Waals surface area contributed by atoms with E-state index in [0.717, 1.165) is 22.0 Å². The molecule has 1 N–H and O–H groups in total. The lowest BCUT2D eigenvalue weighted by atomic mass is 10.2. The largest absolute Gasteiger partial charge is 0.497 e. The van der Waals surface area contributed by atoms with Crippen molar-refractivity contribution in [3.8, 4) is 22.8 Å². The van der Waals surface area contributed by atoms with E-state index in [1.807, 2.05) is 48.7 Å². The number of carbonyl (C=O) groups is 1. The fraction of sp³-hybridized carbons (Fsp3) is 0.211. The predicted octanol–water partition coefficient (Wildman–Crippen LogP) is 3.74. The monoisotopic (exact) mass is 442 g/mol. The number of methoxy groups -OCH3 is 1. The van der Waals surface area contributed by atoms with Crippen molar-refractivity contribution >= 4 is 34.1 Å². The van der Waals surface area contributed by atoms with Gasteiger partial charge in [0.05, 0.1) is 30.4 Å². The molecular formula is C19H18N6O3S2. The zero-order chi connectivity index (χ0) is 21.1. The third kappa shape index (κ3) is 4.21. The first-order valence-electron chi connectivity index (χ1n) is 8.92. The van der Waals surface area contributed by atoms with Crippen molar-refractivity contribution in [2.45, 2.75) is 19.0 Å². The van der Waals surface area contributed by atoms with E-state index in [0.29, 0.717) is 21.9 Å². The van der Waals surface area contributed by atoms with Crippen molar-refractivity contribution in [3.63, 3.8) is 0 Å². The van der Waals surface area contributed by atoms with Crippen LogP contribution in [0.3, 0.4) is 0 Å². The number of amides is 1. The van der Waals surface area contributed by atoms with E-state index in [1.165, 1.54) is 23.1 Å². The number of benzene rings is 1. The molecule has 4 rings (SSSR count). The van der Waals surface area contributed by atoms with Crippen molar-refractivity contribution in [2.24, 2.45) is 0 Å². The van der Waals surface area contributed by atoms with Crippen LogP contribution < -0.4 is 10.1 Å². The summed E-state index contributed by atoms with van der Waals surface area (Å²) >= 11 is 2.60. The van der Waals surface area contributed by atoms with E-state index in [4.69, 9.17) is 9.15 Å². The summed E-state index contributed by atoms with van der Waals surface area (Å²) in [6.07, 6.45) is 1.61. The van der Waals surface area contributed by atoms with Crippen LogP contribution in [-0.4, -0.2) is 43.7 Å². The summed E-state index contributed by atoms with van der Waals surface area (Å²) in [5.41, 5.74) is 1.64. The van der Waals surface area contributed by atoms with Crippen LogP contribution in [0.15, 0.2) is 46.2 Å². The van der Waals surface area contributed by atoms with Crippen LogP contribution in [0.4, 0.5) is 5.13 Å². The first-order valence-corrected chi connectivity index (χ1v) is 10.7. The molecule has 1 amide bonds. The van der Waals surface area contributed by atoms with Gasteiger partial charge in [-0.3, -0.25) is 14.7 Å². The molecule has 0 saturated heterocycles. The second-order valence-corrected chi connectivity index (χ2v) is 8.32. The lowest BCUT2D eigenvalue weighted by Crippen LogP contribution is -2.14. The molecule has 0 aliphatic heterocycles. The smallest absolute Gasteiger partial charge is 0.236 e. The van der Waals surface area contributed by atoms with Gasteiger partial charge in [0.25, 0.3) is 0 Å². The molecule has 0 unspecified atom stereocenters. The Hall–Kier alpha value is -3.18. The Morgan fingerprint density at radius 1 is 1.23 bits per heavy atom. The van der Waals surface area contributed by atoms with Crippen LogP contribution in [0.5, 0.6) is 5.75 Å². The molecule has 0 aliphatic rings. The Kier molecular flexibility index (Phi) is 5.81. The van der Waals surface area contributed by atoms with Crippen molar-refractivity contribution in [1.82, 2.24) is 25.0 Å². The number of ether oxygens (including phenoxy) is 1. The number of aryl methyl sites for hydroxylation is 2. The SMILES string of the molecule is COc1cccc(-n2c(SCC(=O)Nc3nnc(C)s3)nnc2-c2ccoc2C)c1. The Morgan fingerprint density at radius 2 is 2.10 bits per heavy atom. The quantitative estimate of drug-likeness (QED) is 0.431. The molecule has 0 fully saturated rings. The Labute approximate surface area is 180 Å². The van der Waals surface area contributed by atoms with Gasteiger partial charge >= 0.3 is 0 Å². The van der Waals surface area contributed by atoms with Crippen LogP contribution in [0, 0.1) is 13.8 Å². The highest BCUT2D eigenvalue weighted by atomic mass is 32.2. The number of anilines is 1. The Morgan fingerprint density at radius 3 is 2.80 bits per heavy atom. The lowest BCUT2D eigenvalue weighted by Gasteiger charge is -2.11. The van der Waals surface area contributed by atoms with Gasteiger partial charge in [-0.15, -0.1) is 20.4 Å². The molecule has 3 aromatic heterocycles. The summed E-state index contributed by atoms with van der Waals surface area (Å²) < 4.78 is 12.7. The third-order valence-corrected chi connectivity index (χ3v) is 5.83. The molecule has 9 nitrogen and oxygen atoms in total. The summed E-state index contributed by atoms with van der Waals surface area (Å²) in [7, 11) is 1.61. The second kappa shape index (κ2) is 8.67. The summed E-state index contributed by atoms with van der Waals surface area (Å²) in [6.45, 7) is 3.70. The molecule has 0 radical (unpaired) electrons. The zero-order valence-corrected chi connectivity index (χ0v) is 18.1. The third-order valence-electron chi connectivity index (χ3n) is 4.15. The minimum atomic E-state index is -0.197. The second-order valence-electron chi connectivity index (χ2n) is 6.20. The lowest BCUT2D eigenvalue weighted by molar-refractivity contribution is -0.113. The molecule has 11 heteroatoms. The van der Waals surface area contributed by atoms with E-state index >= 15 is 0 Å². The molecule has 0 spiro atoms. The van der Waals surface area contributed by atoms with Crippen LogP contribution in [0.25, 0.3) is 17.1 Å². The molecule has 30 heavy (non-hydrogen) atoms. The van der Waals surface area contributed by atoms with Gasteiger partial charge < -0.3 is 9.15 Å². The van der Waals surface area contributed by atoms with E-state index in [2.05, 4.69) is 25.7 Å². The van der Waals surface area contributed by atoms with Gasteiger partial charge in [0.1, 0.15) is 16.5 Å². The number of hydrogen-bond acceptors (Lipinski definition) is 9. The minimum absolute atomic E-state index is 0.144. The number of furan rings is 1. The highest BCUT2D eigenvalue weighted by Gasteiger charge is 2.20. The minimum Gasteiger partial charge on any atom is -0.497 e. The van der Waals surface area contributed by atoms with E-state index < -0.39 is 0 Å². The van der Waals surface area contributed by atoms with Gasteiger partial charge in [-0.2, -0.15) is 0 Å². The number of nitrogens with zero attached hydrogens (tertiary/aromatic N) is 5. The van der Waals surface area contributed by atoms with Gasteiger partial charge in [-0.05, 0) is 32.0 Å². The molecule has 154 valence electrons. The topological polar surface area (TPSA) is 108 Å². The van der Waals surface area contributed by atoms with Crippen LogP contribution in [0.2, 0.25) is 0 Å². The highest BCUT2D eigenvalue weighted by Crippen LogP contribution is 2.31. The standard InChI is InChI=1S/C19H18N6O3S2/c1-11-15(7-8-28-11)17-22-24-19(25(17)13-5-4-6-14(9-13)27-3)29-10-16(26)20-18-23-21-12(2)30-18/h4-9H,10H2,1-3H3,(H,20,23,26). The maximum atomic E-state index is 12.3. The van der Waals surface area contributed by atoms with Crippen molar-refractivity contribution in [2.75, 3.05) is 18.2 Å². The fourth-order valence-corrected chi connectivity index (χ4v) is 4.13. The first kappa shape index (κ1) is 20.1. The van der Waals surface area contributed by atoms with E-state index in [1.54, 1.807) is 13.4 Å². The van der Waals surface area contributed by atoms with Crippen LogP contribution in [-0.2, 0) is 4.79 Å². The van der Waals surface area contributed by atoms with Gasteiger partial charge in [-0.25, -0.2) is 0 Å². The normalized spacial score (nSPS) is 10.9. The Bertz CT molecular complexity index is 1180. The Balaban J connectivity index is 1.63. The zero-order valence-electron chi connectivity index (χ0n) is 16.4. The van der Waals surface area contributed by atoms with Gasteiger partial charge in [0.15, 0.2) is 11.0 Å². The average molecular weight is 443 g/mol. The number of hydrogen-bond donors (Lipinski definition) is 1. The molecule has 0 saturated carbocycles. The number of nitrogens with one attached hydrogen (secondary N) is 1. The van der Waals surface area contributed by atoms with Crippen LogP contribution in [0.1, 0.15) is 10.8 Å². The first-order chi connectivity index (χ1) is 14.5. The highest BCUT2D eigenvalue weighted by molar-refractivity contribution is 7.99. The number of carbonyl (C=O) groups excluding carboxylic acids is 1. The molecule has 4 aromatic rings. The summed E-state index contributed by atoms with van der Waals surface area (Å²) in [4.78, 5) is 12.3. The predicted molar refractivity (Wildman–Crippen MR) is 114 cm³/mol. The number of aromatic nitrogens is 5. The van der Waals surface area contributed by atoms with Crippen molar-refractivity contribution < 1.29 is 13.9 Å². The van der Waals surface area contributed by atoms with Crippen molar-refractivity contribution in [3.05, 3.63) is 47.4 Å². The van der Waals surface area contributed by atoms with E-state index in [9.17, 15) is 4.79 Å². The van der Waals surface area contributed by atoms with Crippen molar-refractivity contribution in [1.29, 1.82) is 0 Å². The maximum Gasteiger partial charge on any atom is 0.236 e. The van der Waals surface area contributed by atoms with E-state index in [-0.39, 0.29) is 11.7 Å². The molecular weight excluding hydrogens is 424 g/mol. The van der Waals surface area contributed by atoms with Gasteiger partial charge in [-0.1, -0.05) is 29.2 Å².